The number of nitrogens with zero attached hydrogens (tertiary/aromatic N) is 3. The maximum atomic E-state index is 2.58. The van der Waals surface area contributed by atoms with Crippen LogP contribution in [0.1, 0.15) is 25.0 Å². The number of rotatable bonds is 6. The Bertz CT molecular complexity index is 3620. The normalized spacial score (nSPS) is 13.1. The van der Waals surface area contributed by atoms with Crippen LogP contribution in [0.3, 0.4) is 0 Å². The molecule has 0 bridgehead atoms. The van der Waals surface area contributed by atoms with Gasteiger partial charge in [0.25, 0.3) is 0 Å². The van der Waals surface area contributed by atoms with Crippen molar-refractivity contribution >= 4 is 93.8 Å². The molecule has 0 saturated carbocycles. The van der Waals surface area contributed by atoms with Gasteiger partial charge in [-0.05, 0) is 147 Å². The Labute approximate surface area is 360 Å². The van der Waals surface area contributed by atoms with Crippen LogP contribution in [-0.4, -0.2) is 4.40 Å². The van der Waals surface area contributed by atoms with Gasteiger partial charge in [-0.15, -0.1) is 0 Å². The second-order valence-electron chi connectivity index (χ2n) is 17.4. The van der Waals surface area contributed by atoms with Crippen LogP contribution in [0.4, 0.5) is 34.1 Å². The van der Waals surface area contributed by atoms with Crippen LogP contribution in [0.15, 0.2) is 212 Å². The van der Waals surface area contributed by atoms with Crippen molar-refractivity contribution in [2.24, 2.45) is 0 Å². The summed E-state index contributed by atoms with van der Waals surface area (Å²) in [7, 11) is 0. The first-order valence-electron chi connectivity index (χ1n) is 21.6. The summed E-state index contributed by atoms with van der Waals surface area (Å²) in [6, 6.07) is 78.0. The molecular weight excluding hydrogens is 751 g/mol. The molecule has 0 amide bonds. The van der Waals surface area contributed by atoms with Crippen molar-refractivity contribution in [3.63, 3.8) is 0 Å². The first-order chi connectivity index (χ1) is 30.5. The quantitative estimate of drug-likeness (QED) is 0.166. The average molecular weight is 792 g/mol. The lowest BCUT2D eigenvalue weighted by Gasteiger charge is -2.25. The Morgan fingerprint density at radius 3 is 1.32 bits per heavy atom. The lowest BCUT2D eigenvalue weighted by molar-refractivity contribution is 0.667. The number of anilines is 6. The molecular formula is C59H41N3. The molecule has 2 aromatic heterocycles. The molecule has 1 aliphatic carbocycles. The maximum Gasteiger partial charge on any atom is 0.0624 e. The third-order valence-electron chi connectivity index (χ3n) is 13.5. The van der Waals surface area contributed by atoms with Crippen LogP contribution in [0.25, 0.3) is 70.8 Å². The van der Waals surface area contributed by atoms with Gasteiger partial charge in [-0.1, -0.05) is 123 Å². The average Bonchev–Trinajstić information content (AvgIpc) is 3.90. The maximum absolute atomic E-state index is 2.58. The monoisotopic (exact) mass is 791 g/mol. The smallest absolute Gasteiger partial charge is 0.0624 e. The fourth-order valence-corrected chi connectivity index (χ4v) is 10.8. The highest BCUT2D eigenvalue weighted by Gasteiger charge is 2.39. The van der Waals surface area contributed by atoms with Gasteiger partial charge >= 0.3 is 0 Å². The summed E-state index contributed by atoms with van der Waals surface area (Å²) < 4.78 is 2.58. The van der Waals surface area contributed by atoms with E-state index >= 15 is 0 Å². The fourth-order valence-electron chi connectivity index (χ4n) is 10.8. The molecule has 1 aliphatic rings. The number of hydrogen-bond acceptors (Lipinski definition) is 2. The summed E-state index contributed by atoms with van der Waals surface area (Å²) >= 11 is 0. The van der Waals surface area contributed by atoms with E-state index in [1.165, 1.54) is 81.9 Å². The topological polar surface area (TPSA) is 10.9 Å². The molecule has 62 heavy (non-hydrogen) atoms. The SMILES string of the molecule is CC1(C)c2ccccc2-c2cc3c4cc5cc(N(c6ccccc6)c6ccccc6)ccc5cc4n4c5cc6ccc(N(c7ccccc7)c7ccccc7)cc6cc5c(c21)c34. The molecule has 3 heteroatoms. The van der Waals surface area contributed by atoms with Crippen molar-refractivity contribution in [3.8, 4) is 11.1 Å². The van der Waals surface area contributed by atoms with E-state index in [0.29, 0.717) is 0 Å². The van der Waals surface area contributed by atoms with Crippen molar-refractivity contribution in [1.82, 2.24) is 4.40 Å². The molecule has 0 unspecified atom stereocenters. The largest absolute Gasteiger partial charge is 0.310 e. The lowest BCUT2D eigenvalue weighted by Crippen LogP contribution is -2.15. The van der Waals surface area contributed by atoms with Gasteiger partial charge in [0, 0.05) is 61.1 Å². The number of aromatic nitrogens is 1. The molecule has 2 heterocycles. The molecule has 3 nitrogen and oxygen atoms in total. The molecule has 0 atom stereocenters. The lowest BCUT2D eigenvalue weighted by atomic mass is 9.80. The minimum atomic E-state index is -0.176. The molecule has 292 valence electrons. The highest BCUT2D eigenvalue weighted by Crippen LogP contribution is 2.56. The Hall–Kier alpha value is -7.88. The van der Waals surface area contributed by atoms with Crippen LogP contribution < -0.4 is 9.80 Å². The third kappa shape index (κ3) is 5.00. The highest BCUT2D eigenvalue weighted by molar-refractivity contribution is 6.29. The van der Waals surface area contributed by atoms with Gasteiger partial charge in [-0.25, -0.2) is 0 Å². The summed E-state index contributed by atoms with van der Waals surface area (Å²) in [6.45, 7) is 4.84. The third-order valence-corrected chi connectivity index (χ3v) is 13.5. The molecule has 0 spiro atoms. The van der Waals surface area contributed by atoms with Gasteiger partial charge in [0.1, 0.15) is 0 Å². The van der Waals surface area contributed by atoms with E-state index in [2.05, 4.69) is 240 Å². The minimum Gasteiger partial charge on any atom is -0.310 e. The molecule has 0 radical (unpaired) electrons. The molecule has 10 aromatic carbocycles. The first-order valence-corrected chi connectivity index (χ1v) is 21.6. The van der Waals surface area contributed by atoms with Gasteiger partial charge in [0.05, 0.1) is 16.6 Å². The van der Waals surface area contributed by atoms with Gasteiger partial charge < -0.3 is 14.2 Å². The molecule has 0 fully saturated rings. The van der Waals surface area contributed by atoms with E-state index in [-0.39, 0.29) is 5.41 Å². The fraction of sp³-hybridized carbons (Fsp3) is 0.0508. The van der Waals surface area contributed by atoms with E-state index in [9.17, 15) is 0 Å². The van der Waals surface area contributed by atoms with E-state index in [1.54, 1.807) is 0 Å². The van der Waals surface area contributed by atoms with Crippen molar-refractivity contribution in [2.45, 2.75) is 19.3 Å². The Kier molecular flexibility index (Phi) is 7.36. The first kappa shape index (κ1) is 34.9. The second-order valence-corrected chi connectivity index (χ2v) is 17.4. The van der Waals surface area contributed by atoms with Gasteiger partial charge in [-0.2, -0.15) is 0 Å². The van der Waals surface area contributed by atoms with E-state index in [0.717, 1.165) is 34.1 Å². The molecule has 12 aromatic rings. The van der Waals surface area contributed by atoms with Crippen LogP contribution in [0.2, 0.25) is 0 Å². The van der Waals surface area contributed by atoms with Crippen molar-refractivity contribution in [3.05, 3.63) is 223 Å². The number of fused-ring (bicyclic) bond motifs is 12. The molecule has 0 saturated heterocycles. The number of hydrogen-bond donors (Lipinski definition) is 0. The predicted molar refractivity (Wildman–Crippen MR) is 263 cm³/mol. The Morgan fingerprint density at radius 2 is 0.806 bits per heavy atom. The molecule has 0 aliphatic heterocycles. The van der Waals surface area contributed by atoms with Crippen molar-refractivity contribution in [1.29, 1.82) is 0 Å². The second kappa shape index (κ2) is 13.1. The predicted octanol–water partition coefficient (Wildman–Crippen LogP) is 16.4. The standard InChI is InChI=1S/C59H41N3/c1-59(2)53-26-16-15-25-48(53)50-37-51-49-33-40-31-46(60(42-17-7-3-8-18-42)43-19-9-4-10-20-43)29-27-38(40)35-54(49)62-55-36-39-28-30-47(32-41(39)34-52(55)56(57(50)59)58(51)62)61(44-21-11-5-12-22-44)45-23-13-6-14-24-45/h3-37H,1-2H3. The van der Waals surface area contributed by atoms with Crippen molar-refractivity contribution in [2.75, 3.05) is 9.80 Å². The van der Waals surface area contributed by atoms with Crippen LogP contribution in [0.5, 0.6) is 0 Å². The summed E-state index contributed by atoms with van der Waals surface area (Å²) in [6.07, 6.45) is 0. The summed E-state index contributed by atoms with van der Waals surface area (Å²) in [4.78, 5) is 4.71. The van der Waals surface area contributed by atoms with Gasteiger partial charge in [0.2, 0.25) is 0 Å². The number of benzene rings is 10. The Morgan fingerprint density at radius 1 is 0.355 bits per heavy atom. The minimum absolute atomic E-state index is 0.176. The Balaban J connectivity index is 1.09. The van der Waals surface area contributed by atoms with E-state index in [1.807, 2.05) is 0 Å². The molecule has 0 N–H and O–H groups in total. The van der Waals surface area contributed by atoms with Crippen molar-refractivity contribution < 1.29 is 0 Å². The van der Waals surface area contributed by atoms with Crippen LogP contribution >= 0.6 is 0 Å². The van der Waals surface area contributed by atoms with E-state index in [4.69, 9.17) is 0 Å². The number of para-hydroxylation sites is 4. The van der Waals surface area contributed by atoms with Gasteiger partial charge in [-0.3, -0.25) is 0 Å². The van der Waals surface area contributed by atoms with Crippen LogP contribution in [0, 0.1) is 0 Å². The van der Waals surface area contributed by atoms with E-state index < -0.39 is 0 Å². The summed E-state index contributed by atoms with van der Waals surface area (Å²) in [5, 5.41) is 10.2. The zero-order valence-corrected chi connectivity index (χ0v) is 34.5. The highest BCUT2D eigenvalue weighted by atomic mass is 15.1. The summed E-state index contributed by atoms with van der Waals surface area (Å²) in [5.41, 5.74) is 15.9. The molecule has 13 rings (SSSR count). The zero-order valence-electron chi connectivity index (χ0n) is 34.5. The van der Waals surface area contributed by atoms with Gasteiger partial charge in [0.15, 0.2) is 0 Å². The zero-order chi connectivity index (χ0) is 41.1. The van der Waals surface area contributed by atoms with Crippen LogP contribution in [-0.2, 0) is 5.41 Å². The summed E-state index contributed by atoms with van der Waals surface area (Å²) in [5.74, 6) is 0.